The van der Waals surface area contributed by atoms with Gasteiger partial charge in [0, 0.05) is 4.88 Å². The van der Waals surface area contributed by atoms with E-state index in [1.165, 1.54) is 29.5 Å². The molecular weight excluding hydrogens is 334 g/mol. The highest BCUT2D eigenvalue weighted by atomic mass is 32.1. The van der Waals surface area contributed by atoms with E-state index in [-0.39, 0.29) is 11.3 Å². The summed E-state index contributed by atoms with van der Waals surface area (Å²) in [6.07, 6.45) is 5.33. The van der Waals surface area contributed by atoms with Crippen LogP contribution in [0.5, 0.6) is 5.75 Å². The van der Waals surface area contributed by atoms with E-state index < -0.39 is 5.91 Å². The topological polar surface area (TPSA) is 96.9 Å². The molecule has 0 saturated heterocycles. The number of carbonyl (C=O) groups is 1. The van der Waals surface area contributed by atoms with Gasteiger partial charge in [-0.3, -0.25) is 4.79 Å². The lowest BCUT2D eigenvalue weighted by Crippen LogP contribution is -2.13. The van der Waals surface area contributed by atoms with Gasteiger partial charge in [0.05, 0.1) is 5.56 Å². The van der Waals surface area contributed by atoms with E-state index in [0.29, 0.717) is 16.1 Å². The second kappa shape index (κ2) is 7.21. The summed E-state index contributed by atoms with van der Waals surface area (Å²) in [7, 11) is 0. The van der Waals surface area contributed by atoms with Crippen LogP contribution in [0.1, 0.15) is 34.4 Å². The Balaban J connectivity index is 1.88. The van der Waals surface area contributed by atoms with Gasteiger partial charge in [-0.2, -0.15) is 10.5 Å². The van der Waals surface area contributed by atoms with Crippen molar-refractivity contribution >= 4 is 28.3 Å². The molecule has 2 N–H and O–H groups in total. The minimum Gasteiger partial charge on any atom is -0.508 e. The van der Waals surface area contributed by atoms with Gasteiger partial charge in [0.15, 0.2) is 0 Å². The van der Waals surface area contributed by atoms with Crippen LogP contribution in [0.2, 0.25) is 0 Å². The number of nitrogens with zero attached hydrogens (tertiary/aromatic N) is 2. The van der Waals surface area contributed by atoms with Gasteiger partial charge < -0.3 is 10.4 Å². The summed E-state index contributed by atoms with van der Waals surface area (Å²) in [5.41, 5.74) is 2.02. The number of benzene rings is 1. The maximum Gasteiger partial charge on any atom is 0.266 e. The maximum atomic E-state index is 12.4. The second-order valence-corrected chi connectivity index (χ2v) is 6.85. The third kappa shape index (κ3) is 3.55. The molecule has 0 saturated carbocycles. The van der Waals surface area contributed by atoms with Gasteiger partial charge in [0.2, 0.25) is 0 Å². The van der Waals surface area contributed by atoms with Crippen molar-refractivity contribution in [2.75, 3.05) is 5.32 Å². The van der Waals surface area contributed by atoms with Gasteiger partial charge in [0.1, 0.15) is 28.5 Å². The van der Waals surface area contributed by atoms with Gasteiger partial charge in [-0.25, -0.2) is 0 Å². The summed E-state index contributed by atoms with van der Waals surface area (Å²) in [5.74, 6) is -0.495. The van der Waals surface area contributed by atoms with Crippen LogP contribution in [-0.4, -0.2) is 11.0 Å². The lowest BCUT2D eigenvalue weighted by atomic mass is 9.96. The maximum absolute atomic E-state index is 12.4. The molecule has 1 aromatic carbocycles. The van der Waals surface area contributed by atoms with Gasteiger partial charge in [-0.1, -0.05) is 12.1 Å². The first kappa shape index (κ1) is 16.8. The van der Waals surface area contributed by atoms with Crippen molar-refractivity contribution in [2.45, 2.75) is 25.7 Å². The number of carbonyl (C=O) groups excluding carboxylic acids is 1. The molecule has 25 heavy (non-hydrogen) atoms. The molecule has 0 aliphatic heterocycles. The molecular formula is C19H15N3O2S. The predicted octanol–water partition coefficient (Wildman–Crippen LogP) is 3.75. The number of hydrogen-bond donors (Lipinski definition) is 2. The first-order valence-electron chi connectivity index (χ1n) is 7.89. The Morgan fingerprint density at radius 2 is 2.08 bits per heavy atom. The second-order valence-electron chi connectivity index (χ2n) is 5.75. The molecule has 1 heterocycles. The molecule has 0 bridgehead atoms. The predicted molar refractivity (Wildman–Crippen MR) is 96.0 cm³/mol. The lowest BCUT2D eigenvalue weighted by Gasteiger charge is -2.09. The average Bonchev–Trinajstić information content (AvgIpc) is 2.96. The number of rotatable bonds is 3. The SMILES string of the molecule is N#CC(=Cc1cccc(O)c1)C(=O)Nc1sc2c(c1C#N)CCCC2. The summed E-state index contributed by atoms with van der Waals surface area (Å²) in [6.45, 7) is 0. The molecule has 6 heteroatoms. The summed E-state index contributed by atoms with van der Waals surface area (Å²) >= 11 is 1.42. The molecule has 0 atom stereocenters. The number of fused-ring (bicyclic) bond motifs is 1. The molecule has 0 unspecified atom stereocenters. The number of anilines is 1. The van der Waals surface area contributed by atoms with E-state index in [4.69, 9.17) is 0 Å². The summed E-state index contributed by atoms with van der Waals surface area (Å²) in [5, 5.41) is 31.4. The smallest absolute Gasteiger partial charge is 0.266 e. The normalized spacial score (nSPS) is 13.4. The monoisotopic (exact) mass is 349 g/mol. The Morgan fingerprint density at radius 1 is 1.28 bits per heavy atom. The first-order chi connectivity index (χ1) is 12.1. The number of phenols is 1. The minimum atomic E-state index is -0.555. The van der Waals surface area contributed by atoms with E-state index in [9.17, 15) is 20.4 Å². The molecule has 5 nitrogen and oxygen atoms in total. The fraction of sp³-hybridized carbons (Fsp3) is 0.211. The number of nitrogens with one attached hydrogen (secondary N) is 1. The molecule has 0 fully saturated rings. The van der Waals surface area contributed by atoms with Crippen LogP contribution in [0.25, 0.3) is 6.08 Å². The summed E-state index contributed by atoms with van der Waals surface area (Å²) in [6, 6.07) is 10.4. The first-order valence-corrected chi connectivity index (χ1v) is 8.71. The van der Waals surface area contributed by atoms with Crippen LogP contribution in [0.4, 0.5) is 5.00 Å². The molecule has 1 amide bonds. The Morgan fingerprint density at radius 3 is 2.80 bits per heavy atom. The molecule has 2 aromatic rings. The molecule has 0 spiro atoms. The van der Waals surface area contributed by atoms with Crippen molar-refractivity contribution in [1.82, 2.24) is 0 Å². The third-order valence-corrected chi connectivity index (χ3v) is 5.26. The standard InChI is InChI=1S/C19H15N3O2S/c20-10-13(8-12-4-3-5-14(23)9-12)18(24)22-19-16(11-21)15-6-1-2-7-17(15)25-19/h3-5,8-9,23H,1-2,6-7H2,(H,22,24). The van der Waals surface area contributed by atoms with Gasteiger partial charge in [-0.15, -0.1) is 11.3 Å². The average molecular weight is 349 g/mol. The number of amides is 1. The fourth-order valence-corrected chi connectivity index (χ4v) is 4.11. The number of phenolic OH excluding ortho intramolecular Hbond substituents is 1. The largest absolute Gasteiger partial charge is 0.508 e. The van der Waals surface area contributed by atoms with Crippen LogP contribution < -0.4 is 5.32 Å². The van der Waals surface area contributed by atoms with Crippen molar-refractivity contribution in [3.8, 4) is 17.9 Å². The van der Waals surface area contributed by atoms with Gasteiger partial charge in [-0.05, 0) is 55.0 Å². The van der Waals surface area contributed by atoms with E-state index in [2.05, 4.69) is 11.4 Å². The highest BCUT2D eigenvalue weighted by Gasteiger charge is 2.22. The molecule has 1 aromatic heterocycles. The molecule has 3 rings (SSSR count). The van der Waals surface area contributed by atoms with Crippen LogP contribution in [0, 0.1) is 22.7 Å². The minimum absolute atomic E-state index is 0.0594. The molecule has 1 aliphatic rings. The number of thiophene rings is 1. The van der Waals surface area contributed by atoms with Crippen LogP contribution in [0.3, 0.4) is 0 Å². The Labute approximate surface area is 149 Å². The third-order valence-electron chi connectivity index (χ3n) is 4.06. The van der Waals surface area contributed by atoms with Crippen molar-refractivity contribution in [3.05, 3.63) is 51.4 Å². The Hall–Kier alpha value is -3.09. The Bertz CT molecular complexity index is 945. The van der Waals surface area contributed by atoms with Crippen LogP contribution >= 0.6 is 11.3 Å². The quantitative estimate of drug-likeness (QED) is 0.651. The number of hydrogen-bond acceptors (Lipinski definition) is 5. The zero-order chi connectivity index (χ0) is 17.8. The molecule has 1 aliphatic carbocycles. The highest BCUT2D eigenvalue weighted by Crippen LogP contribution is 2.37. The van der Waals surface area contributed by atoms with E-state index >= 15 is 0 Å². The van der Waals surface area contributed by atoms with E-state index in [1.807, 2.05) is 6.07 Å². The van der Waals surface area contributed by atoms with Crippen molar-refractivity contribution in [2.24, 2.45) is 0 Å². The molecule has 124 valence electrons. The Kier molecular flexibility index (Phi) is 4.83. The fourth-order valence-electron chi connectivity index (χ4n) is 2.87. The number of nitriles is 2. The summed E-state index contributed by atoms with van der Waals surface area (Å²) < 4.78 is 0. The van der Waals surface area contributed by atoms with E-state index in [0.717, 1.165) is 36.1 Å². The van der Waals surface area contributed by atoms with Gasteiger partial charge >= 0.3 is 0 Å². The highest BCUT2D eigenvalue weighted by molar-refractivity contribution is 7.16. The van der Waals surface area contributed by atoms with Gasteiger partial charge in [0.25, 0.3) is 5.91 Å². The van der Waals surface area contributed by atoms with Crippen LogP contribution in [-0.2, 0) is 17.6 Å². The zero-order valence-corrected chi connectivity index (χ0v) is 14.2. The summed E-state index contributed by atoms with van der Waals surface area (Å²) in [4.78, 5) is 13.6. The zero-order valence-electron chi connectivity index (χ0n) is 13.4. The van der Waals surface area contributed by atoms with Crippen LogP contribution in [0.15, 0.2) is 29.8 Å². The van der Waals surface area contributed by atoms with E-state index in [1.54, 1.807) is 12.1 Å². The molecule has 0 radical (unpaired) electrons. The van der Waals surface area contributed by atoms with Crippen molar-refractivity contribution < 1.29 is 9.90 Å². The number of aryl methyl sites for hydroxylation is 1. The van der Waals surface area contributed by atoms with Crippen molar-refractivity contribution in [1.29, 1.82) is 10.5 Å². The number of aromatic hydroxyl groups is 1. The lowest BCUT2D eigenvalue weighted by molar-refractivity contribution is -0.112. The van der Waals surface area contributed by atoms with Crippen molar-refractivity contribution in [3.63, 3.8) is 0 Å².